The molecule has 1 N–H and O–H groups in total. The number of rotatable bonds is 4. The highest BCUT2D eigenvalue weighted by molar-refractivity contribution is 6.06. The number of ketones is 1. The fourth-order valence-corrected chi connectivity index (χ4v) is 2.25. The van der Waals surface area contributed by atoms with Gasteiger partial charge in [0.2, 0.25) is 0 Å². The van der Waals surface area contributed by atoms with Gasteiger partial charge < -0.3 is 0 Å². The zero-order valence-electron chi connectivity index (χ0n) is 12.6. The molecule has 0 saturated heterocycles. The van der Waals surface area contributed by atoms with Gasteiger partial charge >= 0.3 is 0 Å². The van der Waals surface area contributed by atoms with Gasteiger partial charge in [-0.3, -0.25) is 9.89 Å². The maximum absolute atomic E-state index is 13.8. The third-order valence-electron chi connectivity index (χ3n) is 3.47. The number of hydrogen-bond donors (Lipinski definition) is 1. The molecule has 0 aliphatic carbocycles. The van der Waals surface area contributed by atoms with Crippen molar-refractivity contribution in [1.82, 2.24) is 10.2 Å². The molecule has 0 fully saturated rings. The van der Waals surface area contributed by atoms with Crippen LogP contribution >= 0.6 is 0 Å². The Morgan fingerprint density at radius 2 is 1.91 bits per heavy atom. The highest BCUT2D eigenvalue weighted by atomic mass is 19.1. The second-order valence-electron chi connectivity index (χ2n) is 5.26. The largest absolute Gasteiger partial charge is 0.289 e. The van der Waals surface area contributed by atoms with Crippen molar-refractivity contribution in [3.63, 3.8) is 0 Å². The number of hydrogen-bond acceptors (Lipinski definition) is 2. The minimum absolute atomic E-state index is 0.0645. The molecule has 1 heterocycles. The van der Waals surface area contributed by atoms with Crippen molar-refractivity contribution in [3.05, 3.63) is 83.3 Å². The summed E-state index contributed by atoms with van der Waals surface area (Å²) in [6.07, 6.45) is 2.94. The number of carbonyl (C=O) groups is 1. The van der Waals surface area contributed by atoms with Crippen molar-refractivity contribution in [2.45, 2.75) is 6.92 Å². The van der Waals surface area contributed by atoms with Crippen LogP contribution in [0.2, 0.25) is 0 Å². The Bertz CT molecular complexity index is 866. The molecule has 0 atom stereocenters. The zero-order valence-corrected chi connectivity index (χ0v) is 12.6. The average Bonchev–Trinajstić information content (AvgIpc) is 3.02. The maximum Gasteiger partial charge on any atom is 0.188 e. The summed E-state index contributed by atoms with van der Waals surface area (Å²) in [5.41, 5.74) is 3.31. The molecule has 0 saturated carbocycles. The van der Waals surface area contributed by atoms with Crippen LogP contribution in [0.3, 0.4) is 0 Å². The topological polar surface area (TPSA) is 45.8 Å². The van der Waals surface area contributed by atoms with Crippen LogP contribution in [0.15, 0.2) is 60.7 Å². The number of benzene rings is 2. The molecule has 2 aromatic carbocycles. The van der Waals surface area contributed by atoms with E-state index in [4.69, 9.17) is 0 Å². The Kier molecular flexibility index (Phi) is 4.15. The van der Waals surface area contributed by atoms with E-state index in [0.29, 0.717) is 5.69 Å². The average molecular weight is 306 g/mol. The molecular weight excluding hydrogens is 291 g/mol. The van der Waals surface area contributed by atoms with Gasteiger partial charge in [0.25, 0.3) is 0 Å². The first-order valence-electron chi connectivity index (χ1n) is 7.23. The van der Waals surface area contributed by atoms with Gasteiger partial charge in [-0.05, 0) is 42.8 Å². The van der Waals surface area contributed by atoms with Gasteiger partial charge in [0.1, 0.15) is 5.82 Å². The first-order chi connectivity index (χ1) is 11.1. The molecular formula is C19H15FN2O. The first-order valence-corrected chi connectivity index (χ1v) is 7.23. The quantitative estimate of drug-likeness (QED) is 0.573. The van der Waals surface area contributed by atoms with Crippen molar-refractivity contribution in [2.75, 3.05) is 0 Å². The molecule has 0 unspecified atom stereocenters. The van der Waals surface area contributed by atoms with Crippen LogP contribution in [0.5, 0.6) is 0 Å². The Morgan fingerprint density at radius 1 is 1.13 bits per heavy atom. The summed E-state index contributed by atoms with van der Waals surface area (Å²) in [5, 5.41) is 7.06. The second kappa shape index (κ2) is 6.40. The summed E-state index contributed by atoms with van der Waals surface area (Å²) in [7, 11) is 0. The third kappa shape index (κ3) is 3.43. The number of allylic oxidation sites excluding steroid dienone is 1. The van der Waals surface area contributed by atoms with E-state index in [2.05, 4.69) is 10.2 Å². The standard InChI is InChI=1S/C19H15FN2O/c1-13-7-9-16(17(20)11-13)19(23)10-8-15-12-18(22-21-15)14-5-3-2-4-6-14/h2-12H,1H3,(H,21,22)/b10-8+. The van der Waals surface area contributed by atoms with Gasteiger partial charge in [-0.1, -0.05) is 36.4 Å². The Morgan fingerprint density at radius 3 is 2.65 bits per heavy atom. The highest BCUT2D eigenvalue weighted by Crippen LogP contribution is 2.18. The molecule has 0 aliphatic rings. The number of nitrogens with zero attached hydrogens (tertiary/aromatic N) is 1. The van der Waals surface area contributed by atoms with E-state index in [9.17, 15) is 9.18 Å². The molecule has 3 rings (SSSR count). The van der Waals surface area contributed by atoms with Crippen molar-refractivity contribution in [3.8, 4) is 11.3 Å². The van der Waals surface area contributed by atoms with E-state index in [1.54, 1.807) is 19.1 Å². The van der Waals surface area contributed by atoms with Gasteiger partial charge in [0.15, 0.2) is 5.78 Å². The number of aryl methyl sites for hydroxylation is 1. The van der Waals surface area contributed by atoms with E-state index >= 15 is 0 Å². The van der Waals surface area contributed by atoms with Crippen LogP contribution in [0.1, 0.15) is 21.6 Å². The summed E-state index contributed by atoms with van der Waals surface area (Å²) in [5.74, 6) is -0.882. The highest BCUT2D eigenvalue weighted by Gasteiger charge is 2.09. The van der Waals surface area contributed by atoms with Gasteiger partial charge in [-0.15, -0.1) is 0 Å². The fraction of sp³-hybridized carbons (Fsp3) is 0.0526. The van der Waals surface area contributed by atoms with Gasteiger partial charge in [-0.2, -0.15) is 5.10 Å². The van der Waals surface area contributed by atoms with Crippen molar-refractivity contribution < 1.29 is 9.18 Å². The molecule has 0 aliphatic heterocycles. The Labute approximate surface area is 133 Å². The SMILES string of the molecule is Cc1ccc(C(=O)/C=C/c2cc(-c3ccccc3)n[nH]2)c(F)c1. The summed E-state index contributed by atoms with van der Waals surface area (Å²) >= 11 is 0. The minimum atomic E-state index is -0.505. The van der Waals surface area contributed by atoms with Crippen LogP contribution in [0, 0.1) is 12.7 Å². The fourth-order valence-electron chi connectivity index (χ4n) is 2.25. The molecule has 0 spiro atoms. The first kappa shape index (κ1) is 14.9. The third-order valence-corrected chi connectivity index (χ3v) is 3.47. The summed E-state index contributed by atoms with van der Waals surface area (Å²) in [6, 6.07) is 16.1. The molecule has 3 aromatic rings. The van der Waals surface area contributed by atoms with E-state index in [1.807, 2.05) is 36.4 Å². The molecule has 0 amide bonds. The molecule has 114 valence electrons. The van der Waals surface area contributed by atoms with Crippen molar-refractivity contribution in [1.29, 1.82) is 0 Å². The van der Waals surface area contributed by atoms with Crippen LogP contribution in [0.4, 0.5) is 4.39 Å². The van der Waals surface area contributed by atoms with Crippen LogP contribution < -0.4 is 0 Å². The zero-order chi connectivity index (χ0) is 16.2. The smallest absolute Gasteiger partial charge is 0.188 e. The molecule has 0 radical (unpaired) electrons. The van der Waals surface area contributed by atoms with Gasteiger partial charge in [-0.25, -0.2) is 4.39 Å². The molecule has 4 heteroatoms. The van der Waals surface area contributed by atoms with Crippen molar-refractivity contribution in [2.24, 2.45) is 0 Å². The lowest BCUT2D eigenvalue weighted by Gasteiger charge is -1.99. The lowest BCUT2D eigenvalue weighted by molar-refractivity contribution is 0.104. The number of aromatic amines is 1. The second-order valence-corrected chi connectivity index (χ2v) is 5.26. The van der Waals surface area contributed by atoms with E-state index < -0.39 is 5.82 Å². The van der Waals surface area contributed by atoms with Crippen LogP contribution in [-0.2, 0) is 0 Å². The number of halogens is 1. The molecule has 1 aromatic heterocycles. The van der Waals surface area contributed by atoms with Gasteiger partial charge in [0, 0.05) is 5.56 Å². The minimum Gasteiger partial charge on any atom is -0.289 e. The van der Waals surface area contributed by atoms with E-state index in [-0.39, 0.29) is 11.3 Å². The van der Waals surface area contributed by atoms with Crippen LogP contribution in [-0.4, -0.2) is 16.0 Å². The Balaban J connectivity index is 1.78. The van der Waals surface area contributed by atoms with E-state index in [0.717, 1.165) is 16.8 Å². The monoisotopic (exact) mass is 306 g/mol. The number of H-pyrrole nitrogens is 1. The molecule has 3 nitrogen and oxygen atoms in total. The number of aromatic nitrogens is 2. The van der Waals surface area contributed by atoms with Gasteiger partial charge in [0.05, 0.1) is 17.0 Å². The van der Waals surface area contributed by atoms with Crippen molar-refractivity contribution >= 4 is 11.9 Å². The molecule has 0 bridgehead atoms. The maximum atomic E-state index is 13.8. The lowest BCUT2D eigenvalue weighted by Crippen LogP contribution is -1.98. The predicted octanol–water partition coefficient (Wildman–Crippen LogP) is 4.42. The number of nitrogens with one attached hydrogen (secondary N) is 1. The Hall–Kier alpha value is -3.01. The molecule has 23 heavy (non-hydrogen) atoms. The normalized spacial score (nSPS) is 11.0. The van der Waals surface area contributed by atoms with E-state index in [1.165, 1.54) is 18.2 Å². The number of carbonyl (C=O) groups excluding carboxylic acids is 1. The summed E-state index contributed by atoms with van der Waals surface area (Å²) in [6.45, 7) is 1.78. The summed E-state index contributed by atoms with van der Waals surface area (Å²) < 4.78 is 13.8. The lowest BCUT2D eigenvalue weighted by atomic mass is 10.1. The van der Waals surface area contributed by atoms with Crippen LogP contribution in [0.25, 0.3) is 17.3 Å². The predicted molar refractivity (Wildman–Crippen MR) is 88.5 cm³/mol. The summed E-state index contributed by atoms with van der Waals surface area (Å²) in [4.78, 5) is 12.1.